The summed E-state index contributed by atoms with van der Waals surface area (Å²) in [5.74, 6) is -1.19. The molecule has 7 nitrogen and oxygen atoms in total. The molecule has 0 aliphatic carbocycles. The zero-order chi connectivity index (χ0) is 15.2. The molecule has 1 aromatic rings. The van der Waals surface area contributed by atoms with E-state index in [1.54, 1.807) is 0 Å². The Labute approximate surface area is 126 Å². The first-order valence-electron chi connectivity index (χ1n) is 6.19. The topological polar surface area (TPSA) is 93.1 Å². The van der Waals surface area contributed by atoms with E-state index in [0.29, 0.717) is 13.2 Å². The molecule has 0 bridgehead atoms. The maximum Gasteiger partial charge on any atom is 0.337 e. The van der Waals surface area contributed by atoms with Gasteiger partial charge in [-0.25, -0.2) is 13.2 Å². The van der Waals surface area contributed by atoms with Gasteiger partial charge in [0.1, 0.15) is 6.10 Å². The van der Waals surface area contributed by atoms with Gasteiger partial charge in [-0.05, 0) is 18.2 Å². The van der Waals surface area contributed by atoms with Gasteiger partial charge < -0.3 is 9.84 Å². The highest BCUT2D eigenvalue weighted by Crippen LogP contribution is 2.32. The molecule has 2 aliphatic rings. The normalized spacial score (nSPS) is 26.0. The number of rotatable bonds is 3. The van der Waals surface area contributed by atoms with Crippen LogP contribution in [-0.2, 0) is 19.6 Å². The number of halogens is 1. The van der Waals surface area contributed by atoms with Crippen LogP contribution in [0.1, 0.15) is 10.4 Å². The zero-order valence-electron chi connectivity index (χ0n) is 10.7. The number of carboxylic acids is 1. The third kappa shape index (κ3) is 2.53. The average Bonchev–Trinajstić information content (AvgIpc) is 2.98. The lowest BCUT2D eigenvalue weighted by Gasteiger charge is -2.16. The minimum absolute atomic E-state index is 0.0218. The van der Waals surface area contributed by atoms with Crippen LogP contribution < -0.4 is 0 Å². The Morgan fingerprint density at radius 1 is 1.38 bits per heavy atom. The number of carbonyl (C=O) groups is 1. The lowest BCUT2D eigenvalue weighted by atomic mass is 10.1. The minimum Gasteiger partial charge on any atom is -0.478 e. The Balaban J connectivity index is 1.89. The van der Waals surface area contributed by atoms with E-state index in [4.69, 9.17) is 26.3 Å². The number of hydroxylamine groups is 1. The van der Waals surface area contributed by atoms with E-state index in [1.807, 2.05) is 0 Å². The molecule has 2 heterocycles. The van der Waals surface area contributed by atoms with Crippen molar-refractivity contribution in [2.75, 3.05) is 19.8 Å². The third-order valence-electron chi connectivity index (χ3n) is 3.51. The van der Waals surface area contributed by atoms with Crippen LogP contribution >= 0.6 is 11.6 Å². The number of ether oxygens (including phenoxy) is 1. The van der Waals surface area contributed by atoms with Crippen LogP contribution in [0.3, 0.4) is 0 Å². The predicted octanol–water partition coefficient (Wildman–Crippen LogP) is 0.989. The van der Waals surface area contributed by atoms with Crippen LogP contribution in [0.25, 0.3) is 0 Å². The average molecular weight is 334 g/mol. The van der Waals surface area contributed by atoms with E-state index in [2.05, 4.69) is 0 Å². The lowest BCUT2D eigenvalue weighted by Crippen LogP contribution is -2.29. The van der Waals surface area contributed by atoms with E-state index >= 15 is 0 Å². The molecule has 0 amide bonds. The Kier molecular flexibility index (Phi) is 3.66. The summed E-state index contributed by atoms with van der Waals surface area (Å²) >= 11 is 5.81. The third-order valence-corrected chi connectivity index (χ3v) is 5.45. The molecule has 2 saturated heterocycles. The molecule has 0 aromatic heterocycles. The van der Waals surface area contributed by atoms with E-state index < -0.39 is 16.0 Å². The van der Waals surface area contributed by atoms with Crippen molar-refractivity contribution in [3.8, 4) is 0 Å². The minimum atomic E-state index is -3.87. The van der Waals surface area contributed by atoms with Gasteiger partial charge in [0.2, 0.25) is 0 Å². The maximum atomic E-state index is 12.5. The second-order valence-electron chi connectivity index (χ2n) is 4.88. The summed E-state index contributed by atoms with van der Waals surface area (Å²) in [7, 11) is -3.87. The molecule has 0 spiro atoms. The van der Waals surface area contributed by atoms with Gasteiger partial charge in [-0.2, -0.15) is 0 Å². The van der Waals surface area contributed by atoms with E-state index in [1.165, 1.54) is 6.07 Å². The molecule has 3 rings (SSSR count). The summed E-state index contributed by atoms with van der Waals surface area (Å²) in [6.07, 6.45) is -0.256. The maximum absolute atomic E-state index is 12.5. The molecule has 1 aromatic carbocycles. The fourth-order valence-corrected chi connectivity index (χ4v) is 4.03. The smallest absolute Gasteiger partial charge is 0.337 e. The quantitative estimate of drug-likeness (QED) is 0.886. The first kappa shape index (κ1) is 14.7. The zero-order valence-corrected chi connectivity index (χ0v) is 12.3. The van der Waals surface area contributed by atoms with Crippen LogP contribution in [0.15, 0.2) is 23.1 Å². The number of hydrogen-bond donors (Lipinski definition) is 1. The molecule has 21 heavy (non-hydrogen) atoms. The van der Waals surface area contributed by atoms with Gasteiger partial charge in [-0.15, -0.1) is 0 Å². The molecule has 114 valence electrons. The Morgan fingerprint density at radius 2 is 2.14 bits per heavy atom. The monoisotopic (exact) mass is 333 g/mol. The Bertz CT molecular complexity index is 679. The molecule has 2 fully saturated rings. The summed E-state index contributed by atoms with van der Waals surface area (Å²) in [6.45, 7) is 1.05. The van der Waals surface area contributed by atoms with Gasteiger partial charge in [0, 0.05) is 12.5 Å². The van der Waals surface area contributed by atoms with Crippen LogP contribution in [-0.4, -0.2) is 49.8 Å². The second-order valence-corrected chi connectivity index (χ2v) is 7.11. The van der Waals surface area contributed by atoms with Gasteiger partial charge in [-0.1, -0.05) is 16.1 Å². The summed E-state index contributed by atoms with van der Waals surface area (Å²) in [5.41, 5.74) is -0.150. The van der Waals surface area contributed by atoms with Crippen molar-refractivity contribution in [2.45, 2.75) is 11.0 Å². The molecule has 9 heteroatoms. The number of sulfonamides is 1. The molecular formula is C12H12ClNO6S. The number of aromatic carboxylic acids is 1. The lowest BCUT2D eigenvalue weighted by molar-refractivity contribution is -0.0866. The van der Waals surface area contributed by atoms with Gasteiger partial charge >= 0.3 is 5.97 Å². The SMILES string of the molecule is O=C(O)c1ccc(S(=O)(=O)N2C[C@@H]3COC[C@@H]3O2)cc1Cl. The number of hydrogen-bond acceptors (Lipinski definition) is 5. The highest BCUT2D eigenvalue weighted by atomic mass is 35.5. The number of benzene rings is 1. The fourth-order valence-electron chi connectivity index (χ4n) is 2.35. The van der Waals surface area contributed by atoms with E-state index in [9.17, 15) is 13.2 Å². The van der Waals surface area contributed by atoms with Gasteiger partial charge in [0.25, 0.3) is 10.0 Å². The molecule has 2 aliphatic heterocycles. The summed E-state index contributed by atoms with van der Waals surface area (Å²) < 4.78 is 31.0. The highest BCUT2D eigenvalue weighted by Gasteiger charge is 2.44. The molecule has 0 radical (unpaired) electrons. The standard InChI is InChI=1S/C12H12ClNO6S/c13-10-3-8(1-2-9(10)12(15)16)21(17,18)14-4-7-5-19-6-11(7)20-14/h1-3,7,11H,4-6H2,(H,15,16)/t7-,11+/m1/s1. The van der Waals surface area contributed by atoms with Crippen LogP contribution in [0.5, 0.6) is 0 Å². The van der Waals surface area contributed by atoms with Gasteiger partial charge in [0.05, 0.1) is 28.7 Å². The fraction of sp³-hybridized carbons (Fsp3) is 0.417. The molecule has 2 atom stereocenters. The van der Waals surface area contributed by atoms with E-state index in [-0.39, 0.29) is 34.0 Å². The summed E-state index contributed by atoms with van der Waals surface area (Å²) in [6, 6.07) is 3.49. The van der Waals surface area contributed by atoms with Crippen molar-refractivity contribution in [1.82, 2.24) is 4.47 Å². The number of carboxylic acid groups (broad SMARTS) is 1. The number of nitrogens with zero attached hydrogens (tertiary/aromatic N) is 1. The summed E-state index contributed by atoms with van der Waals surface area (Å²) in [4.78, 5) is 16.2. The predicted molar refractivity (Wildman–Crippen MR) is 71.5 cm³/mol. The van der Waals surface area contributed by atoms with Crippen molar-refractivity contribution in [1.29, 1.82) is 0 Å². The molecule has 0 unspecified atom stereocenters. The summed E-state index contributed by atoms with van der Waals surface area (Å²) in [5, 5.41) is 8.76. The van der Waals surface area contributed by atoms with Gasteiger partial charge in [0.15, 0.2) is 0 Å². The van der Waals surface area contributed by atoms with Crippen molar-refractivity contribution in [3.05, 3.63) is 28.8 Å². The largest absolute Gasteiger partial charge is 0.478 e. The number of fused-ring (bicyclic) bond motifs is 1. The second kappa shape index (κ2) is 5.22. The van der Waals surface area contributed by atoms with Crippen molar-refractivity contribution >= 4 is 27.6 Å². The molecule has 1 N–H and O–H groups in total. The molecule has 0 saturated carbocycles. The van der Waals surface area contributed by atoms with E-state index in [0.717, 1.165) is 16.6 Å². The van der Waals surface area contributed by atoms with Crippen LogP contribution in [0, 0.1) is 5.92 Å². The van der Waals surface area contributed by atoms with Crippen molar-refractivity contribution in [2.24, 2.45) is 5.92 Å². The Hall–Kier alpha value is -1.19. The highest BCUT2D eigenvalue weighted by molar-refractivity contribution is 7.89. The first-order valence-corrected chi connectivity index (χ1v) is 8.01. The van der Waals surface area contributed by atoms with Crippen LogP contribution in [0.2, 0.25) is 5.02 Å². The van der Waals surface area contributed by atoms with Crippen LogP contribution in [0.4, 0.5) is 0 Å². The van der Waals surface area contributed by atoms with Gasteiger partial charge in [-0.3, -0.25) is 4.84 Å². The first-order chi connectivity index (χ1) is 9.89. The van der Waals surface area contributed by atoms with Crippen molar-refractivity contribution in [3.63, 3.8) is 0 Å². The van der Waals surface area contributed by atoms with Crippen molar-refractivity contribution < 1.29 is 27.9 Å². The Morgan fingerprint density at radius 3 is 2.76 bits per heavy atom. The molecular weight excluding hydrogens is 322 g/mol.